The van der Waals surface area contributed by atoms with E-state index in [2.05, 4.69) is 5.32 Å². The average Bonchev–Trinajstić information content (AvgIpc) is 2.94. The molecule has 7 N–H and O–H groups in total. The molecule has 0 heterocycles. The largest absolute Gasteiger partial charge is 0.508 e. The zero-order valence-electron chi connectivity index (χ0n) is 25.1. The Kier molecular flexibility index (Phi) is 7.55. The molecule has 1 amide bonds. The van der Waals surface area contributed by atoms with E-state index in [4.69, 9.17) is 5.73 Å². The number of primary amides is 1. The highest BCUT2D eigenvalue weighted by Crippen LogP contribution is 2.54. The maximum Gasteiger partial charge on any atom is 0.255 e. The standard InChI is InChI=1S/C32H36N4O8/c1-14(37)16-8-6-15(7-9-16)13-34-20-12-21(35(2)3)18-10-17-11-19-25(36(4)5)28(40)24(31(33)43)30(42)32(19,44)29(41)22(17)27(39)23(18)26(20)38/h6-9,12,17,19,25,34,38-39,42,44H,10-11,13H2,1-5H3,(H2,33,43)/t17-,19-,25-,32-/m0/s1. The molecular weight excluding hydrogens is 568 g/mol. The number of nitrogens with zero attached hydrogens (tertiary/aromatic N) is 2. The molecule has 0 bridgehead atoms. The Morgan fingerprint density at radius 3 is 2.25 bits per heavy atom. The van der Waals surface area contributed by atoms with Crippen molar-refractivity contribution < 1.29 is 39.6 Å². The van der Waals surface area contributed by atoms with E-state index in [0.29, 0.717) is 16.8 Å². The number of aliphatic hydroxyl groups is 3. The number of amides is 1. The summed E-state index contributed by atoms with van der Waals surface area (Å²) in [5, 5.41) is 49.1. The number of fused-ring (bicyclic) bond motifs is 3. The van der Waals surface area contributed by atoms with Crippen LogP contribution < -0.4 is 16.0 Å². The first-order valence-corrected chi connectivity index (χ1v) is 14.2. The minimum atomic E-state index is -2.70. The Bertz CT molecular complexity index is 1670. The first-order valence-electron chi connectivity index (χ1n) is 14.2. The number of nitrogens with one attached hydrogen (secondary N) is 1. The van der Waals surface area contributed by atoms with Crippen molar-refractivity contribution in [1.82, 2.24) is 4.90 Å². The molecule has 3 aliphatic rings. The number of likely N-dealkylation sites (N-methyl/N-ethyl adjacent to an activating group) is 1. The molecular formula is C32H36N4O8. The normalized spacial score (nSPS) is 24.6. The number of nitrogens with two attached hydrogens (primary N) is 1. The summed E-state index contributed by atoms with van der Waals surface area (Å²) in [5.74, 6) is -7.03. The second-order valence-electron chi connectivity index (χ2n) is 12.1. The summed E-state index contributed by atoms with van der Waals surface area (Å²) in [7, 11) is 6.71. The van der Waals surface area contributed by atoms with Crippen LogP contribution in [-0.2, 0) is 27.3 Å². The van der Waals surface area contributed by atoms with Crippen molar-refractivity contribution in [2.24, 2.45) is 17.6 Å². The smallest absolute Gasteiger partial charge is 0.255 e. The molecule has 1 fully saturated rings. The van der Waals surface area contributed by atoms with E-state index in [-0.39, 0.29) is 47.7 Å². The van der Waals surface area contributed by atoms with Gasteiger partial charge in [0.15, 0.2) is 17.2 Å². The molecule has 0 spiro atoms. The highest BCUT2D eigenvalue weighted by atomic mass is 16.3. The van der Waals surface area contributed by atoms with Crippen LogP contribution in [0.15, 0.2) is 47.2 Å². The quantitative estimate of drug-likeness (QED) is 0.153. The lowest BCUT2D eigenvalue weighted by Crippen LogP contribution is -2.65. The molecule has 4 atom stereocenters. The van der Waals surface area contributed by atoms with Gasteiger partial charge in [-0.2, -0.15) is 0 Å². The van der Waals surface area contributed by atoms with Crippen LogP contribution in [0.4, 0.5) is 11.4 Å². The molecule has 0 aromatic heterocycles. The second-order valence-corrected chi connectivity index (χ2v) is 12.1. The molecule has 0 unspecified atom stereocenters. The van der Waals surface area contributed by atoms with Gasteiger partial charge in [0, 0.05) is 43.4 Å². The maximum absolute atomic E-state index is 14.1. The van der Waals surface area contributed by atoms with E-state index in [0.717, 1.165) is 5.56 Å². The van der Waals surface area contributed by atoms with Crippen LogP contribution in [0.2, 0.25) is 0 Å². The topological polar surface area (TPSA) is 194 Å². The van der Waals surface area contributed by atoms with Gasteiger partial charge in [0.05, 0.1) is 17.3 Å². The Morgan fingerprint density at radius 2 is 1.70 bits per heavy atom. The molecule has 0 aliphatic heterocycles. The molecule has 2 aromatic carbocycles. The molecule has 0 radical (unpaired) electrons. The minimum Gasteiger partial charge on any atom is -0.508 e. The van der Waals surface area contributed by atoms with Crippen molar-refractivity contribution in [2.45, 2.75) is 38.0 Å². The van der Waals surface area contributed by atoms with Crippen LogP contribution in [0.5, 0.6) is 5.75 Å². The van der Waals surface area contributed by atoms with Gasteiger partial charge < -0.3 is 36.4 Å². The predicted molar refractivity (Wildman–Crippen MR) is 162 cm³/mol. The van der Waals surface area contributed by atoms with Crippen LogP contribution in [0.1, 0.15) is 40.4 Å². The average molecular weight is 605 g/mol. The second kappa shape index (κ2) is 10.8. The number of aromatic hydroxyl groups is 1. The molecule has 232 valence electrons. The summed E-state index contributed by atoms with van der Waals surface area (Å²) in [6.07, 6.45) is 0.193. The number of anilines is 2. The fraction of sp³-hybridized carbons (Fsp3) is 0.375. The number of Topliss-reactive ketones (excluding diaryl/α,β-unsaturated/α-hetero) is 3. The lowest BCUT2D eigenvalue weighted by molar-refractivity contribution is -0.153. The third-order valence-electron chi connectivity index (χ3n) is 9.02. The highest BCUT2D eigenvalue weighted by Gasteiger charge is 2.64. The first kappa shape index (κ1) is 30.8. The number of aliphatic hydroxyl groups excluding tert-OH is 2. The Balaban J connectivity index is 1.63. The lowest BCUT2D eigenvalue weighted by Gasteiger charge is -2.50. The van der Waals surface area contributed by atoms with Crippen molar-refractivity contribution in [3.63, 3.8) is 0 Å². The van der Waals surface area contributed by atoms with Gasteiger partial charge in [-0.25, -0.2) is 0 Å². The molecule has 5 rings (SSSR count). The summed E-state index contributed by atoms with van der Waals surface area (Å²) in [6, 6.07) is 7.55. The Hall–Kier alpha value is -4.68. The first-order chi connectivity index (χ1) is 20.6. The summed E-state index contributed by atoms with van der Waals surface area (Å²) >= 11 is 0. The fourth-order valence-electron chi connectivity index (χ4n) is 6.88. The number of carbonyl (C=O) groups is 4. The van der Waals surface area contributed by atoms with Crippen molar-refractivity contribution in [2.75, 3.05) is 38.4 Å². The highest BCUT2D eigenvalue weighted by molar-refractivity contribution is 6.24. The monoisotopic (exact) mass is 604 g/mol. The van der Waals surface area contributed by atoms with Gasteiger partial charge in [0.25, 0.3) is 5.91 Å². The van der Waals surface area contributed by atoms with E-state index in [9.17, 15) is 39.6 Å². The molecule has 12 nitrogen and oxygen atoms in total. The third-order valence-corrected chi connectivity index (χ3v) is 9.02. The van der Waals surface area contributed by atoms with Crippen LogP contribution in [0.25, 0.3) is 5.76 Å². The van der Waals surface area contributed by atoms with E-state index in [1.54, 1.807) is 58.5 Å². The number of hydrogen-bond donors (Lipinski definition) is 6. The number of hydrogen-bond acceptors (Lipinski definition) is 11. The van der Waals surface area contributed by atoms with E-state index in [1.807, 2.05) is 4.90 Å². The number of phenols is 1. The SMILES string of the molecule is CC(=O)c1ccc(CNc2cc(N(C)C)c3c(c2O)C(O)=C2C(=O)[C@]4(O)C(O)=C(C(N)=O)C(=O)[C@@H](N(C)C)[C@@H]4C[C@@H]2C3)cc1. The van der Waals surface area contributed by atoms with Crippen molar-refractivity contribution in [1.29, 1.82) is 0 Å². The number of phenolic OH excluding ortho intramolecular Hbond substituents is 1. The van der Waals surface area contributed by atoms with Crippen LogP contribution in [0.3, 0.4) is 0 Å². The van der Waals surface area contributed by atoms with Gasteiger partial charge in [-0.3, -0.25) is 24.1 Å². The van der Waals surface area contributed by atoms with E-state index < -0.39 is 58.0 Å². The van der Waals surface area contributed by atoms with Gasteiger partial charge >= 0.3 is 0 Å². The summed E-state index contributed by atoms with van der Waals surface area (Å²) in [6.45, 7) is 1.75. The number of ketones is 3. The predicted octanol–water partition coefficient (Wildman–Crippen LogP) is 1.84. The number of benzene rings is 2. The van der Waals surface area contributed by atoms with Crippen LogP contribution in [0, 0.1) is 11.8 Å². The van der Waals surface area contributed by atoms with Crippen molar-refractivity contribution in [3.8, 4) is 5.75 Å². The Morgan fingerprint density at radius 1 is 1.07 bits per heavy atom. The molecule has 44 heavy (non-hydrogen) atoms. The molecule has 3 aliphatic carbocycles. The molecule has 1 saturated carbocycles. The van der Waals surface area contributed by atoms with Crippen molar-refractivity contribution >= 4 is 40.4 Å². The zero-order valence-corrected chi connectivity index (χ0v) is 25.1. The minimum absolute atomic E-state index is 0.00178. The van der Waals surface area contributed by atoms with Gasteiger partial charge in [-0.1, -0.05) is 24.3 Å². The van der Waals surface area contributed by atoms with Gasteiger partial charge in [0.1, 0.15) is 22.8 Å². The maximum atomic E-state index is 14.1. The van der Waals surface area contributed by atoms with Crippen LogP contribution in [-0.4, -0.2) is 88.4 Å². The molecule has 0 saturated heterocycles. The van der Waals surface area contributed by atoms with Crippen LogP contribution >= 0.6 is 0 Å². The van der Waals surface area contributed by atoms with Gasteiger partial charge in [-0.15, -0.1) is 0 Å². The van der Waals surface area contributed by atoms with E-state index >= 15 is 0 Å². The lowest BCUT2D eigenvalue weighted by atomic mass is 9.57. The zero-order chi connectivity index (χ0) is 32.4. The molecule has 2 aromatic rings. The summed E-state index contributed by atoms with van der Waals surface area (Å²) < 4.78 is 0. The van der Waals surface area contributed by atoms with Crippen molar-refractivity contribution in [3.05, 3.63) is 69.5 Å². The number of rotatable bonds is 7. The number of carbonyl (C=O) groups excluding carboxylic acids is 4. The summed E-state index contributed by atoms with van der Waals surface area (Å²) in [4.78, 5) is 54.5. The third kappa shape index (κ3) is 4.52. The fourth-order valence-corrected chi connectivity index (χ4v) is 6.88. The van der Waals surface area contributed by atoms with Gasteiger partial charge in [-0.05, 0) is 57.0 Å². The van der Waals surface area contributed by atoms with Gasteiger partial charge in [0.2, 0.25) is 5.78 Å². The summed E-state index contributed by atoms with van der Waals surface area (Å²) in [5.41, 5.74) is 4.51. The Labute approximate surface area is 254 Å². The van der Waals surface area contributed by atoms with E-state index in [1.165, 1.54) is 11.8 Å². The molecule has 12 heteroatoms.